The Hall–Kier alpha value is -2.17. The number of amides is 2. The normalized spacial score (nSPS) is 21.4. The van der Waals surface area contributed by atoms with Crippen LogP contribution in [0.25, 0.3) is 0 Å². The van der Waals surface area contributed by atoms with Crippen molar-refractivity contribution in [2.75, 3.05) is 4.90 Å². The SMILES string of the molecule is CC(=O)[C@]1(I)C(=O)C(=O)N(c2cc(C)ccc2[N+](=O)[O-])C1=O. The van der Waals surface area contributed by atoms with Gasteiger partial charge >= 0.3 is 5.91 Å². The number of ketones is 2. The highest BCUT2D eigenvalue weighted by Gasteiger charge is 2.62. The topological polar surface area (TPSA) is 115 Å². The Balaban J connectivity index is 2.69. The van der Waals surface area contributed by atoms with Gasteiger partial charge in [0.1, 0.15) is 5.69 Å². The quantitative estimate of drug-likeness (QED) is 0.139. The van der Waals surface area contributed by atoms with Gasteiger partial charge in [0.2, 0.25) is 3.42 Å². The molecule has 1 atom stereocenters. The molecule has 1 aromatic carbocycles. The molecule has 2 amide bonds. The molecule has 1 heterocycles. The minimum atomic E-state index is -2.16. The van der Waals surface area contributed by atoms with Crippen molar-refractivity contribution in [1.29, 1.82) is 0 Å². The number of nitro groups is 1. The fourth-order valence-electron chi connectivity index (χ4n) is 2.09. The number of halogens is 1. The third kappa shape index (κ3) is 2.12. The van der Waals surface area contributed by atoms with Crippen LogP contribution in [0.5, 0.6) is 0 Å². The lowest BCUT2D eigenvalue weighted by Gasteiger charge is -2.16. The van der Waals surface area contributed by atoms with Gasteiger partial charge in [-0.3, -0.25) is 29.3 Å². The first-order valence-electron chi connectivity index (χ1n) is 6.00. The molecule has 0 unspecified atom stereocenters. The second-order valence-corrected chi connectivity index (χ2v) is 6.36. The van der Waals surface area contributed by atoms with E-state index >= 15 is 0 Å². The van der Waals surface area contributed by atoms with Crippen LogP contribution in [0.4, 0.5) is 11.4 Å². The summed E-state index contributed by atoms with van der Waals surface area (Å²) in [5, 5.41) is 11.1. The number of aryl methyl sites for hydroxylation is 1. The molecule has 0 spiro atoms. The number of anilines is 1. The van der Waals surface area contributed by atoms with E-state index in [1.54, 1.807) is 6.92 Å². The van der Waals surface area contributed by atoms with Crippen molar-refractivity contribution in [3.05, 3.63) is 33.9 Å². The van der Waals surface area contributed by atoms with E-state index in [-0.39, 0.29) is 5.69 Å². The van der Waals surface area contributed by atoms with Gasteiger partial charge in [0.15, 0.2) is 5.78 Å². The number of hydrogen-bond donors (Lipinski definition) is 0. The van der Waals surface area contributed by atoms with Crippen LogP contribution in [0.15, 0.2) is 18.2 Å². The van der Waals surface area contributed by atoms with Crippen LogP contribution in [-0.2, 0) is 19.2 Å². The van der Waals surface area contributed by atoms with E-state index in [1.165, 1.54) is 34.7 Å². The van der Waals surface area contributed by atoms with Crippen LogP contribution in [-0.4, -0.2) is 31.7 Å². The van der Waals surface area contributed by atoms with E-state index in [9.17, 15) is 29.3 Å². The molecule has 8 nitrogen and oxygen atoms in total. The predicted molar refractivity (Wildman–Crippen MR) is 82.8 cm³/mol. The van der Waals surface area contributed by atoms with Gasteiger partial charge in [0, 0.05) is 6.07 Å². The first-order valence-corrected chi connectivity index (χ1v) is 7.08. The Morgan fingerprint density at radius 2 is 1.91 bits per heavy atom. The van der Waals surface area contributed by atoms with Crippen LogP contribution in [0.1, 0.15) is 12.5 Å². The van der Waals surface area contributed by atoms with E-state index < -0.39 is 37.4 Å². The predicted octanol–water partition coefficient (Wildman–Crippen LogP) is 1.11. The van der Waals surface area contributed by atoms with Gasteiger partial charge in [-0.15, -0.1) is 0 Å². The summed E-state index contributed by atoms with van der Waals surface area (Å²) in [6.07, 6.45) is 0. The zero-order chi connectivity index (χ0) is 16.8. The van der Waals surface area contributed by atoms with Gasteiger partial charge < -0.3 is 0 Å². The smallest absolute Gasteiger partial charge is 0.297 e. The summed E-state index contributed by atoms with van der Waals surface area (Å²) in [5.74, 6) is -4.32. The van der Waals surface area contributed by atoms with E-state index in [4.69, 9.17) is 0 Å². The number of carbonyl (C=O) groups is 4. The molecule has 0 aromatic heterocycles. The summed E-state index contributed by atoms with van der Waals surface area (Å²) >= 11 is 1.32. The Kier molecular flexibility index (Phi) is 3.85. The Morgan fingerprint density at radius 1 is 1.32 bits per heavy atom. The fraction of sp³-hybridized carbons (Fsp3) is 0.231. The molecule has 1 aliphatic rings. The Bertz CT molecular complexity index is 759. The van der Waals surface area contributed by atoms with Gasteiger partial charge in [0.25, 0.3) is 17.4 Å². The Labute approximate surface area is 137 Å². The molecule has 114 valence electrons. The average Bonchev–Trinajstić information content (AvgIpc) is 2.60. The number of nitro benzene ring substituents is 1. The van der Waals surface area contributed by atoms with Crippen molar-refractivity contribution in [3.8, 4) is 0 Å². The summed E-state index contributed by atoms with van der Waals surface area (Å²) in [6.45, 7) is 2.63. The van der Waals surface area contributed by atoms with Gasteiger partial charge in [-0.1, -0.05) is 28.7 Å². The largest absolute Gasteiger partial charge is 0.303 e. The molecule has 0 aliphatic carbocycles. The second kappa shape index (κ2) is 5.23. The van der Waals surface area contributed by atoms with Crippen LogP contribution in [0.3, 0.4) is 0 Å². The molecule has 22 heavy (non-hydrogen) atoms. The lowest BCUT2D eigenvalue weighted by atomic mass is 10.0. The van der Waals surface area contributed by atoms with Gasteiger partial charge in [-0.05, 0) is 25.5 Å². The highest BCUT2D eigenvalue weighted by atomic mass is 127. The number of carbonyl (C=O) groups excluding carboxylic acids is 4. The second-order valence-electron chi connectivity index (χ2n) is 4.74. The van der Waals surface area contributed by atoms with Crippen molar-refractivity contribution in [2.45, 2.75) is 17.3 Å². The molecule has 1 fully saturated rings. The van der Waals surface area contributed by atoms with Crippen molar-refractivity contribution in [3.63, 3.8) is 0 Å². The summed E-state index contributed by atoms with van der Waals surface area (Å²) in [4.78, 5) is 58.9. The lowest BCUT2D eigenvalue weighted by Crippen LogP contribution is -2.44. The number of rotatable bonds is 3. The monoisotopic (exact) mass is 416 g/mol. The Morgan fingerprint density at radius 3 is 2.36 bits per heavy atom. The van der Waals surface area contributed by atoms with Crippen molar-refractivity contribution in [2.24, 2.45) is 0 Å². The minimum Gasteiger partial charge on any atom is -0.297 e. The molecule has 1 saturated heterocycles. The third-order valence-electron chi connectivity index (χ3n) is 3.26. The molecule has 0 bridgehead atoms. The summed E-state index contributed by atoms with van der Waals surface area (Å²) in [7, 11) is 0. The van der Waals surface area contributed by atoms with E-state index in [0.29, 0.717) is 10.5 Å². The molecule has 0 N–H and O–H groups in total. The molecule has 0 radical (unpaired) electrons. The number of hydrogen-bond acceptors (Lipinski definition) is 6. The fourth-order valence-corrected chi connectivity index (χ4v) is 2.56. The van der Waals surface area contributed by atoms with Gasteiger partial charge in [-0.25, -0.2) is 4.90 Å². The third-order valence-corrected chi connectivity index (χ3v) is 4.97. The van der Waals surface area contributed by atoms with Gasteiger partial charge in [0.05, 0.1) is 4.92 Å². The zero-order valence-corrected chi connectivity index (χ0v) is 13.6. The van der Waals surface area contributed by atoms with Crippen molar-refractivity contribution < 1.29 is 24.1 Å². The maximum Gasteiger partial charge on any atom is 0.303 e. The van der Waals surface area contributed by atoms with Crippen LogP contribution >= 0.6 is 22.6 Å². The van der Waals surface area contributed by atoms with Crippen LogP contribution < -0.4 is 4.90 Å². The molecule has 1 aromatic rings. The number of benzene rings is 1. The average molecular weight is 416 g/mol. The minimum absolute atomic E-state index is 0.312. The van der Waals surface area contributed by atoms with E-state index in [2.05, 4.69) is 0 Å². The van der Waals surface area contributed by atoms with Crippen molar-refractivity contribution in [1.82, 2.24) is 0 Å². The summed E-state index contributed by atoms with van der Waals surface area (Å²) < 4.78 is -2.16. The molecule has 1 aliphatic heterocycles. The molecular formula is C13H9IN2O6. The summed E-state index contributed by atoms with van der Waals surface area (Å²) in [6, 6.07) is 3.83. The molecular weight excluding hydrogens is 407 g/mol. The first kappa shape index (κ1) is 16.2. The van der Waals surface area contributed by atoms with E-state index in [1.807, 2.05) is 0 Å². The maximum atomic E-state index is 12.4. The highest BCUT2D eigenvalue weighted by molar-refractivity contribution is 14.1. The number of Topliss-reactive ketones (excluding diaryl/α,β-unsaturated/α-hetero) is 2. The first-order chi connectivity index (χ1) is 10.1. The number of alkyl halides is 1. The molecule has 2 rings (SSSR count). The number of imide groups is 1. The summed E-state index contributed by atoms with van der Waals surface area (Å²) in [5.41, 5.74) is -0.250. The highest BCUT2D eigenvalue weighted by Crippen LogP contribution is 2.38. The van der Waals surface area contributed by atoms with Crippen LogP contribution in [0, 0.1) is 17.0 Å². The lowest BCUT2D eigenvalue weighted by molar-refractivity contribution is -0.384. The maximum absolute atomic E-state index is 12.4. The molecule has 0 saturated carbocycles. The van der Waals surface area contributed by atoms with Crippen LogP contribution in [0.2, 0.25) is 0 Å². The molecule has 9 heteroatoms. The van der Waals surface area contributed by atoms with Crippen molar-refractivity contribution >= 4 is 57.3 Å². The standard InChI is InChI=1S/C13H9IN2O6/c1-6-3-4-8(16(21)22)9(5-6)15-11(19)10(18)13(14,7(2)17)12(15)20/h3-5H,1-2H3/t13-/m0/s1. The number of nitrogens with zero attached hydrogens (tertiary/aromatic N) is 2. The van der Waals surface area contributed by atoms with E-state index in [0.717, 1.165) is 13.0 Å². The van der Waals surface area contributed by atoms with Gasteiger partial charge in [-0.2, -0.15) is 0 Å². The zero-order valence-electron chi connectivity index (χ0n) is 11.5.